The Balaban J connectivity index is 2.42. The summed E-state index contributed by atoms with van der Waals surface area (Å²) in [6.07, 6.45) is 0. The Labute approximate surface area is 138 Å². The molecule has 0 atom stereocenters. The highest BCUT2D eigenvalue weighted by Crippen LogP contribution is 2.34. The third-order valence-electron chi connectivity index (χ3n) is 3.14. The molecule has 6 nitrogen and oxygen atoms in total. The first-order valence-electron chi connectivity index (χ1n) is 6.72. The van der Waals surface area contributed by atoms with Crippen molar-refractivity contribution in [2.45, 2.75) is 6.92 Å². The van der Waals surface area contributed by atoms with Crippen molar-refractivity contribution in [2.24, 2.45) is 0 Å². The number of rotatable bonds is 5. The molecule has 23 heavy (non-hydrogen) atoms. The van der Waals surface area contributed by atoms with Crippen molar-refractivity contribution >= 4 is 28.9 Å². The van der Waals surface area contributed by atoms with Crippen molar-refractivity contribution in [1.82, 2.24) is 0 Å². The van der Waals surface area contributed by atoms with Crippen LogP contribution in [0.15, 0.2) is 24.3 Å². The minimum absolute atomic E-state index is 0.187. The molecule has 0 spiro atoms. The van der Waals surface area contributed by atoms with E-state index in [2.05, 4.69) is 5.32 Å². The van der Waals surface area contributed by atoms with Crippen LogP contribution in [-0.4, -0.2) is 33.2 Å². The van der Waals surface area contributed by atoms with Crippen molar-refractivity contribution in [3.05, 3.63) is 39.6 Å². The molecule has 7 heteroatoms. The molecule has 0 aliphatic carbocycles. The lowest BCUT2D eigenvalue weighted by Crippen LogP contribution is -2.15. The number of aryl methyl sites for hydroxylation is 1. The molecule has 0 fully saturated rings. The highest BCUT2D eigenvalue weighted by Gasteiger charge is 2.20. The SMILES string of the molecule is COC(=O)c1cc(OC)c(OC)cc1NC(=O)c1ccc(C)s1. The molecule has 1 aromatic carbocycles. The van der Waals surface area contributed by atoms with E-state index < -0.39 is 5.97 Å². The molecule has 2 aromatic rings. The maximum atomic E-state index is 12.3. The number of carbonyl (C=O) groups excluding carboxylic acids is 2. The zero-order valence-corrected chi connectivity index (χ0v) is 14.1. The van der Waals surface area contributed by atoms with E-state index in [0.717, 1.165) is 4.88 Å². The molecule has 1 amide bonds. The number of carbonyl (C=O) groups is 2. The van der Waals surface area contributed by atoms with Crippen molar-refractivity contribution in [3.8, 4) is 11.5 Å². The number of thiophene rings is 1. The zero-order chi connectivity index (χ0) is 17.0. The highest BCUT2D eigenvalue weighted by molar-refractivity contribution is 7.14. The first-order chi connectivity index (χ1) is 11.0. The van der Waals surface area contributed by atoms with Gasteiger partial charge in [-0.05, 0) is 19.1 Å². The monoisotopic (exact) mass is 335 g/mol. The topological polar surface area (TPSA) is 73.9 Å². The molecule has 0 unspecified atom stereocenters. The average molecular weight is 335 g/mol. The molecule has 1 heterocycles. The maximum absolute atomic E-state index is 12.3. The van der Waals surface area contributed by atoms with Crippen molar-refractivity contribution in [1.29, 1.82) is 0 Å². The fraction of sp³-hybridized carbons (Fsp3) is 0.250. The Kier molecular flexibility index (Phi) is 5.23. The third kappa shape index (κ3) is 3.62. The van der Waals surface area contributed by atoms with Gasteiger partial charge in [0.2, 0.25) is 0 Å². The summed E-state index contributed by atoms with van der Waals surface area (Å²) < 4.78 is 15.1. The van der Waals surface area contributed by atoms with Crippen molar-refractivity contribution in [3.63, 3.8) is 0 Å². The molecular formula is C16H17NO5S. The van der Waals surface area contributed by atoms with Gasteiger partial charge in [-0.15, -0.1) is 11.3 Å². The van der Waals surface area contributed by atoms with E-state index in [1.165, 1.54) is 44.8 Å². The Morgan fingerprint density at radius 2 is 1.70 bits per heavy atom. The van der Waals surface area contributed by atoms with Gasteiger partial charge in [-0.3, -0.25) is 4.79 Å². The number of hydrogen-bond acceptors (Lipinski definition) is 6. The molecule has 0 aliphatic rings. The summed E-state index contributed by atoms with van der Waals surface area (Å²) in [6, 6.07) is 6.59. The fourth-order valence-corrected chi connectivity index (χ4v) is 2.76. The molecule has 1 aromatic heterocycles. The Hall–Kier alpha value is -2.54. The van der Waals surface area contributed by atoms with Crippen molar-refractivity contribution in [2.75, 3.05) is 26.6 Å². The standard InChI is InChI=1S/C16H17NO5S/c1-9-5-6-14(23-9)15(18)17-11-8-13(21-3)12(20-2)7-10(11)16(19)22-4/h5-8H,1-4H3,(H,17,18). The fourth-order valence-electron chi connectivity index (χ4n) is 2.00. The van der Waals surface area contributed by atoms with Gasteiger partial charge < -0.3 is 19.5 Å². The van der Waals surface area contributed by atoms with E-state index in [0.29, 0.717) is 22.1 Å². The summed E-state index contributed by atoms with van der Waals surface area (Å²) in [5.41, 5.74) is 0.484. The lowest BCUT2D eigenvalue weighted by molar-refractivity contribution is 0.0601. The van der Waals surface area contributed by atoms with E-state index in [1.807, 2.05) is 13.0 Å². The van der Waals surface area contributed by atoms with Gasteiger partial charge in [0, 0.05) is 17.0 Å². The van der Waals surface area contributed by atoms with Gasteiger partial charge in [0.05, 0.1) is 37.5 Å². The maximum Gasteiger partial charge on any atom is 0.340 e. The molecule has 0 saturated heterocycles. The molecule has 122 valence electrons. The Morgan fingerprint density at radius 3 is 2.22 bits per heavy atom. The van der Waals surface area contributed by atoms with E-state index in [9.17, 15) is 9.59 Å². The minimum atomic E-state index is -0.580. The van der Waals surface area contributed by atoms with Crippen LogP contribution in [0.4, 0.5) is 5.69 Å². The van der Waals surface area contributed by atoms with Gasteiger partial charge in [-0.1, -0.05) is 0 Å². The predicted molar refractivity (Wildman–Crippen MR) is 87.9 cm³/mol. The summed E-state index contributed by atoms with van der Waals surface area (Å²) in [7, 11) is 4.21. The second-order valence-electron chi connectivity index (χ2n) is 4.61. The molecule has 2 rings (SSSR count). The number of benzene rings is 1. The summed E-state index contributed by atoms with van der Waals surface area (Å²) in [6.45, 7) is 1.91. The zero-order valence-electron chi connectivity index (χ0n) is 13.3. The third-order valence-corrected chi connectivity index (χ3v) is 4.14. The lowest BCUT2D eigenvalue weighted by Gasteiger charge is -2.14. The second kappa shape index (κ2) is 7.15. The van der Waals surface area contributed by atoms with Crippen LogP contribution in [0, 0.1) is 6.92 Å². The first-order valence-corrected chi connectivity index (χ1v) is 7.54. The van der Waals surface area contributed by atoms with Gasteiger partial charge in [0.1, 0.15) is 0 Å². The number of methoxy groups -OCH3 is 3. The van der Waals surface area contributed by atoms with Gasteiger partial charge in [-0.2, -0.15) is 0 Å². The van der Waals surface area contributed by atoms with Crippen LogP contribution in [-0.2, 0) is 4.74 Å². The normalized spacial score (nSPS) is 10.1. The smallest absolute Gasteiger partial charge is 0.340 e. The first kappa shape index (κ1) is 16.8. The molecule has 0 radical (unpaired) electrons. The lowest BCUT2D eigenvalue weighted by atomic mass is 10.1. The summed E-state index contributed by atoms with van der Waals surface area (Å²) in [4.78, 5) is 25.8. The minimum Gasteiger partial charge on any atom is -0.493 e. The average Bonchev–Trinajstić information content (AvgIpc) is 3.00. The van der Waals surface area contributed by atoms with Crippen LogP contribution < -0.4 is 14.8 Å². The van der Waals surface area contributed by atoms with Crippen LogP contribution in [0.5, 0.6) is 11.5 Å². The molecular weight excluding hydrogens is 318 g/mol. The number of anilines is 1. The van der Waals surface area contributed by atoms with Gasteiger partial charge >= 0.3 is 5.97 Å². The van der Waals surface area contributed by atoms with Crippen LogP contribution in [0.1, 0.15) is 24.9 Å². The summed E-state index contributed by atoms with van der Waals surface area (Å²) >= 11 is 1.37. The molecule has 0 bridgehead atoms. The van der Waals surface area contributed by atoms with Crippen LogP contribution in [0.2, 0.25) is 0 Å². The highest BCUT2D eigenvalue weighted by atomic mass is 32.1. The quantitative estimate of drug-likeness (QED) is 0.850. The number of hydrogen-bond donors (Lipinski definition) is 1. The van der Waals surface area contributed by atoms with Gasteiger partial charge in [0.15, 0.2) is 11.5 Å². The number of nitrogens with one attached hydrogen (secondary N) is 1. The largest absolute Gasteiger partial charge is 0.493 e. The summed E-state index contributed by atoms with van der Waals surface area (Å²) in [5.74, 6) is -0.111. The Bertz CT molecular complexity index is 738. The van der Waals surface area contributed by atoms with Crippen LogP contribution in [0.3, 0.4) is 0 Å². The van der Waals surface area contributed by atoms with Gasteiger partial charge in [-0.25, -0.2) is 4.79 Å². The van der Waals surface area contributed by atoms with E-state index in [1.54, 1.807) is 6.07 Å². The number of amides is 1. The summed E-state index contributed by atoms with van der Waals surface area (Å²) in [5, 5.41) is 2.72. The Morgan fingerprint density at radius 1 is 1.04 bits per heavy atom. The van der Waals surface area contributed by atoms with E-state index in [-0.39, 0.29) is 11.5 Å². The predicted octanol–water partition coefficient (Wildman–Crippen LogP) is 3.11. The van der Waals surface area contributed by atoms with Crippen molar-refractivity contribution < 1.29 is 23.8 Å². The molecule has 0 saturated carbocycles. The molecule has 0 aliphatic heterocycles. The van der Waals surface area contributed by atoms with Crippen LogP contribution >= 0.6 is 11.3 Å². The number of esters is 1. The van der Waals surface area contributed by atoms with E-state index in [4.69, 9.17) is 14.2 Å². The van der Waals surface area contributed by atoms with Gasteiger partial charge in [0.25, 0.3) is 5.91 Å². The van der Waals surface area contributed by atoms with Crippen LogP contribution in [0.25, 0.3) is 0 Å². The molecule has 1 N–H and O–H groups in total. The second-order valence-corrected chi connectivity index (χ2v) is 5.90. The van der Waals surface area contributed by atoms with E-state index >= 15 is 0 Å². The number of ether oxygens (including phenoxy) is 3.